The summed E-state index contributed by atoms with van der Waals surface area (Å²) < 4.78 is 5.36. The molecule has 0 aromatic carbocycles. The second-order valence-corrected chi connectivity index (χ2v) is 8.75. The van der Waals surface area contributed by atoms with E-state index in [1.807, 2.05) is 6.92 Å². The van der Waals surface area contributed by atoms with Crippen LogP contribution in [-0.2, 0) is 9.53 Å². The van der Waals surface area contributed by atoms with E-state index in [9.17, 15) is 15.0 Å². The Bertz CT molecular complexity index is 620. The molecule has 3 atom stereocenters. The average molecular weight is 364 g/mol. The van der Waals surface area contributed by atoms with Crippen LogP contribution in [-0.4, -0.2) is 82.9 Å². The van der Waals surface area contributed by atoms with Crippen molar-refractivity contribution in [3.05, 3.63) is 23.0 Å². The van der Waals surface area contributed by atoms with E-state index in [1.54, 1.807) is 6.26 Å². The summed E-state index contributed by atoms with van der Waals surface area (Å²) in [5, 5.41) is 20.7. The molecule has 6 nitrogen and oxygen atoms in total. The highest BCUT2D eigenvalue weighted by molar-refractivity contribution is 5.90. The number of piperazine rings is 1. The Morgan fingerprint density at radius 3 is 2.73 bits per heavy atom. The molecule has 1 saturated heterocycles. The predicted molar refractivity (Wildman–Crippen MR) is 99.6 cm³/mol. The van der Waals surface area contributed by atoms with Gasteiger partial charge in [-0.3, -0.25) is 14.6 Å². The molecule has 0 bridgehead atoms. The number of rotatable bonds is 4. The largest absolute Gasteiger partial charge is 0.496 e. The van der Waals surface area contributed by atoms with Gasteiger partial charge in [-0.15, -0.1) is 0 Å². The highest BCUT2D eigenvalue weighted by Gasteiger charge is 2.39. The summed E-state index contributed by atoms with van der Waals surface area (Å²) in [7, 11) is 0. The number of nitrogens with zero attached hydrogens (tertiary/aromatic N) is 2. The Morgan fingerprint density at radius 1 is 1.35 bits per heavy atom. The minimum Gasteiger partial charge on any atom is -0.496 e. The molecular formula is C20H32N2O4. The molecular weight excluding hydrogens is 332 g/mol. The molecule has 2 unspecified atom stereocenters. The number of ether oxygens (including phenoxy) is 1. The molecule has 0 aromatic heterocycles. The van der Waals surface area contributed by atoms with Gasteiger partial charge in [-0.05, 0) is 33.3 Å². The molecule has 3 aliphatic rings. The zero-order valence-electron chi connectivity index (χ0n) is 16.4. The first-order valence-electron chi connectivity index (χ1n) is 9.53. The Morgan fingerprint density at radius 2 is 2.08 bits per heavy atom. The van der Waals surface area contributed by atoms with E-state index < -0.39 is 12.0 Å². The molecule has 0 radical (unpaired) electrons. The summed E-state index contributed by atoms with van der Waals surface area (Å²) in [5.41, 5.74) is 3.03. The van der Waals surface area contributed by atoms with Crippen molar-refractivity contribution in [2.45, 2.75) is 51.8 Å². The smallest absolute Gasteiger partial charge is 0.147 e. The van der Waals surface area contributed by atoms with Crippen LogP contribution in [0.2, 0.25) is 0 Å². The van der Waals surface area contributed by atoms with E-state index in [0.29, 0.717) is 19.6 Å². The minimum atomic E-state index is -0.757. The van der Waals surface area contributed by atoms with Crippen molar-refractivity contribution in [1.82, 2.24) is 9.80 Å². The van der Waals surface area contributed by atoms with Crippen LogP contribution < -0.4 is 0 Å². The number of carbonyl (C=O) groups is 1. The maximum absolute atomic E-state index is 12.6. The summed E-state index contributed by atoms with van der Waals surface area (Å²) in [5.74, 6) is -0.409. The lowest BCUT2D eigenvalue weighted by Gasteiger charge is -2.47. The predicted octanol–water partition coefficient (Wildman–Crippen LogP) is 0.944. The lowest BCUT2D eigenvalue weighted by molar-refractivity contribution is -0.125. The summed E-state index contributed by atoms with van der Waals surface area (Å²) in [6.45, 7) is 11.9. The van der Waals surface area contributed by atoms with Crippen molar-refractivity contribution in [1.29, 1.82) is 0 Å². The van der Waals surface area contributed by atoms with Crippen LogP contribution in [0, 0.1) is 5.92 Å². The first-order chi connectivity index (χ1) is 12.2. The fraction of sp³-hybridized carbons (Fsp3) is 0.750. The molecule has 3 rings (SSSR count). The molecule has 2 N–H and O–H groups in total. The normalized spacial score (nSPS) is 29.5. The van der Waals surface area contributed by atoms with Crippen LogP contribution in [0.3, 0.4) is 0 Å². The van der Waals surface area contributed by atoms with E-state index in [0.717, 1.165) is 36.4 Å². The number of Topliss-reactive ketones (excluding diaryl/α,β-unsaturated/α-hetero) is 1. The average Bonchev–Trinajstić information content (AvgIpc) is 3.02. The number of ketones is 1. The standard InChI is InChI=1S/C20H32N2O4/c1-13-16-12-26-11-14(16)7-17(24)19(13)18(25)9-21-5-6-22(20(2,3)4)8-15(21)10-23/h11,15,18-19,23,25H,5-10,12H2,1-4H3/t15?,18-,19?/m1/s1. The molecule has 26 heavy (non-hydrogen) atoms. The minimum absolute atomic E-state index is 0.0189. The maximum atomic E-state index is 12.6. The second kappa shape index (κ2) is 7.43. The van der Waals surface area contributed by atoms with Gasteiger partial charge in [0, 0.05) is 49.8 Å². The van der Waals surface area contributed by atoms with Gasteiger partial charge < -0.3 is 14.9 Å². The Labute approximate surface area is 156 Å². The zero-order valence-corrected chi connectivity index (χ0v) is 16.4. The van der Waals surface area contributed by atoms with Crippen molar-refractivity contribution >= 4 is 5.78 Å². The number of hydrogen-bond donors (Lipinski definition) is 2. The topological polar surface area (TPSA) is 73.2 Å². The van der Waals surface area contributed by atoms with Crippen LogP contribution in [0.1, 0.15) is 34.1 Å². The van der Waals surface area contributed by atoms with Crippen LogP contribution in [0.15, 0.2) is 23.0 Å². The van der Waals surface area contributed by atoms with Gasteiger partial charge in [0.2, 0.25) is 0 Å². The fourth-order valence-corrected chi connectivity index (χ4v) is 4.40. The van der Waals surface area contributed by atoms with E-state index in [2.05, 4.69) is 30.6 Å². The lowest BCUT2D eigenvalue weighted by atomic mass is 9.77. The van der Waals surface area contributed by atoms with Crippen molar-refractivity contribution in [2.24, 2.45) is 5.92 Å². The van der Waals surface area contributed by atoms with Gasteiger partial charge in [-0.2, -0.15) is 0 Å². The molecule has 0 saturated carbocycles. The number of fused-ring (bicyclic) bond motifs is 1. The maximum Gasteiger partial charge on any atom is 0.147 e. The monoisotopic (exact) mass is 364 g/mol. The first kappa shape index (κ1) is 19.5. The quantitative estimate of drug-likeness (QED) is 0.774. The molecule has 6 heteroatoms. The molecule has 0 aromatic rings. The van der Waals surface area contributed by atoms with Crippen molar-refractivity contribution in [3.8, 4) is 0 Å². The summed E-state index contributed by atoms with van der Waals surface area (Å²) in [6.07, 6.45) is 1.26. The van der Waals surface area contributed by atoms with Gasteiger partial charge in [0.05, 0.1) is 24.9 Å². The molecule has 2 aliphatic heterocycles. The number of hydrogen-bond acceptors (Lipinski definition) is 6. The van der Waals surface area contributed by atoms with E-state index >= 15 is 0 Å². The van der Waals surface area contributed by atoms with Gasteiger partial charge in [0.1, 0.15) is 12.4 Å². The van der Waals surface area contributed by atoms with Crippen LogP contribution >= 0.6 is 0 Å². The van der Waals surface area contributed by atoms with Crippen molar-refractivity contribution in [2.75, 3.05) is 39.4 Å². The lowest BCUT2D eigenvalue weighted by Crippen LogP contribution is -2.60. The number of carbonyl (C=O) groups excluding carboxylic acids is 1. The summed E-state index contributed by atoms with van der Waals surface area (Å²) in [4.78, 5) is 17.1. The Balaban J connectivity index is 1.69. The van der Waals surface area contributed by atoms with Crippen LogP contribution in [0.25, 0.3) is 0 Å². The Hall–Kier alpha value is -1.21. The highest BCUT2D eigenvalue weighted by atomic mass is 16.5. The van der Waals surface area contributed by atoms with Crippen molar-refractivity contribution < 1.29 is 19.7 Å². The zero-order chi connectivity index (χ0) is 19.1. The third-order valence-electron chi connectivity index (χ3n) is 6.07. The first-order valence-corrected chi connectivity index (χ1v) is 9.53. The third-order valence-corrected chi connectivity index (χ3v) is 6.07. The molecule has 1 fully saturated rings. The third kappa shape index (κ3) is 3.74. The van der Waals surface area contributed by atoms with Gasteiger partial charge in [0.25, 0.3) is 0 Å². The summed E-state index contributed by atoms with van der Waals surface area (Å²) in [6, 6.07) is -0.0189. The SMILES string of the molecule is CC1=C2COC=C2CC(=O)C1[C@H](O)CN1CCN(C(C)(C)C)CC1CO. The molecule has 2 heterocycles. The van der Waals surface area contributed by atoms with Gasteiger partial charge in [-0.25, -0.2) is 0 Å². The van der Waals surface area contributed by atoms with Gasteiger partial charge in [0.15, 0.2) is 0 Å². The summed E-state index contributed by atoms with van der Waals surface area (Å²) >= 11 is 0. The van der Waals surface area contributed by atoms with E-state index in [4.69, 9.17) is 4.74 Å². The molecule has 0 amide bonds. The molecule has 0 spiro atoms. The van der Waals surface area contributed by atoms with E-state index in [1.165, 1.54) is 0 Å². The van der Waals surface area contributed by atoms with Gasteiger partial charge >= 0.3 is 0 Å². The van der Waals surface area contributed by atoms with Crippen molar-refractivity contribution in [3.63, 3.8) is 0 Å². The number of aliphatic hydroxyl groups excluding tert-OH is 2. The molecule has 146 valence electrons. The number of β-amino-alcohol motifs (C(OH)–C–C–N with tert-alkyl or cyclic N) is 1. The fourth-order valence-electron chi connectivity index (χ4n) is 4.40. The van der Waals surface area contributed by atoms with Gasteiger partial charge in [-0.1, -0.05) is 5.57 Å². The number of aliphatic hydroxyl groups is 2. The van der Waals surface area contributed by atoms with Crippen LogP contribution in [0.4, 0.5) is 0 Å². The molecule has 1 aliphatic carbocycles. The second-order valence-electron chi connectivity index (χ2n) is 8.75. The van der Waals surface area contributed by atoms with E-state index in [-0.39, 0.29) is 24.0 Å². The highest BCUT2D eigenvalue weighted by Crippen LogP contribution is 2.36. The Kier molecular flexibility index (Phi) is 5.58. The van der Waals surface area contributed by atoms with Crippen LogP contribution in [0.5, 0.6) is 0 Å².